The lowest BCUT2D eigenvalue weighted by Gasteiger charge is -2.14. The molecule has 6 heteroatoms. The average molecular weight is 293 g/mol. The van der Waals surface area contributed by atoms with Crippen LogP contribution in [0.5, 0.6) is 0 Å². The third kappa shape index (κ3) is 3.90. The van der Waals surface area contributed by atoms with Crippen molar-refractivity contribution in [2.24, 2.45) is 0 Å². The third-order valence-electron chi connectivity index (χ3n) is 2.78. The van der Waals surface area contributed by atoms with E-state index in [4.69, 9.17) is 4.52 Å². The Morgan fingerprint density at radius 2 is 2.20 bits per heavy atom. The molecule has 108 valence electrons. The van der Waals surface area contributed by atoms with Gasteiger partial charge in [0.15, 0.2) is 5.82 Å². The number of amides is 1. The van der Waals surface area contributed by atoms with Gasteiger partial charge in [-0.05, 0) is 6.92 Å². The summed E-state index contributed by atoms with van der Waals surface area (Å²) in [6.07, 6.45) is 1.03. The third-order valence-corrected chi connectivity index (χ3v) is 3.69. The summed E-state index contributed by atoms with van der Waals surface area (Å²) in [4.78, 5) is 16.4. The van der Waals surface area contributed by atoms with E-state index in [2.05, 4.69) is 41.6 Å². The molecule has 2 rings (SSSR count). The molecule has 0 aliphatic rings. The van der Waals surface area contributed by atoms with E-state index in [-0.39, 0.29) is 11.3 Å². The summed E-state index contributed by atoms with van der Waals surface area (Å²) < 4.78 is 4.89. The molecule has 0 aromatic carbocycles. The fourth-order valence-electron chi connectivity index (χ4n) is 1.62. The number of rotatable bonds is 4. The fraction of sp³-hybridized carbons (Fsp3) is 0.500. The van der Waals surface area contributed by atoms with Gasteiger partial charge in [0.2, 0.25) is 5.91 Å². The van der Waals surface area contributed by atoms with Crippen LogP contribution in [-0.2, 0) is 16.6 Å². The monoisotopic (exact) mass is 293 g/mol. The van der Waals surface area contributed by atoms with E-state index < -0.39 is 0 Å². The highest BCUT2D eigenvalue weighted by atomic mass is 32.1. The van der Waals surface area contributed by atoms with Crippen molar-refractivity contribution >= 4 is 23.1 Å². The Bertz CT molecular complexity index is 596. The topological polar surface area (TPSA) is 68.0 Å². The zero-order valence-corrected chi connectivity index (χ0v) is 13.0. The van der Waals surface area contributed by atoms with E-state index in [0.29, 0.717) is 24.4 Å². The average Bonchev–Trinajstić information content (AvgIpc) is 2.95. The standard InChI is InChI=1S/C14H19N3O2S/c1-9-7-11(17-19-9)16-12(18)5-6-13-15-10(8-20-13)14(2,3)4/h7-8H,5-6H2,1-4H3,(H,16,17,18). The smallest absolute Gasteiger partial charge is 0.226 e. The number of hydrogen-bond donors (Lipinski definition) is 1. The van der Waals surface area contributed by atoms with Crippen LogP contribution in [0.25, 0.3) is 0 Å². The van der Waals surface area contributed by atoms with E-state index in [1.807, 2.05) is 0 Å². The summed E-state index contributed by atoms with van der Waals surface area (Å²) in [7, 11) is 0. The number of hydrogen-bond acceptors (Lipinski definition) is 5. The Hall–Kier alpha value is -1.69. The molecule has 2 aromatic heterocycles. The molecule has 0 radical (unpaired) electrons. The minimum Gasteiger partial charge on any atom is -0.360 e. The second-order valence-corrected chi connectivity index (χ2v) is 6.69. The SMILES string of the molecule is Cc1cc(NC(=O)CCc2nc(C(C)(C)C)cs2)no1. The van der Waals surface area contributed by atoms with Crippen LogP contribution in [-0.4, -0.2) is 16.0 Å². The van der Waals surface area contributed by atoms with Gasteiger partial charge in [-0.15, -0.1) is 11.3 Å². The van der Waals surface area contributed by atoms with Crippen LogP contribution in [0.3, 0.4) is 0 Å². The van der Waals surface area contributed by atoms with Crippen LogP contribution < -0.4 is 5.32 Å². The van der Waals surface area contributed by atoms with Gasteiger partial charge >= 0.3 is 0 Å². The normalized spacial score (nSPS) is 11.6. The zero-order valence-electron chi connectivity index (χ0n) is 12.2. The van der Waals surface area contributed by atoms with E-state index in [9.17, 15) is 4.79 Å². The maximum absolute atomic E-state index is 11.8. The van der Waals surface area contributed by atoms with Crippen molar-refractivity contribution in [3.8, 4) is 0 Å². The van der Waals surface area contributed by atoms with Gasteiger partial charge in [0.1, 0.15) is 5.76 Å². The van der Waals surface area contributed by atoms with Crippen molar-refractivity contribution in [3.05, 3.63) is 27.9 Å². The number of carbonyl (C=O) groups excluding carboxylic acids is 1. The Balaban J connectivity index is 1.86. The molecule has 20 heavy (non-hydrogen) atoms. The molecular formula is C14H19N3O2S. The maximum atomic E-state index is 11.8. The number of thiazole rings is 1. The molecule has 1 N–H and O–H groups in total. The number of anilines is 1. The predicted molar refractivity (Wildman–Crippen MR) is 79.0 cm³/mol. The molecule has 1 amide bonds. The number of nitrogens with zero attached hydrogens (tertiary/aromatic N) is 2. The van der Waals surface area contributed by atoms with E-state index >= 15 is 0 Å². The van der Waals surface area contributed by atoms with Crippen molar-refractivity contribution in [2.75, 3.05) is 5.32 Å². The lowest BCUT2D eigenvalue weighted by atomic mass is 9.93. The van der Waals surface area contributed by atoms with Gasteiger partial charge in [0.05, 0.1) is 10.7 Å². The molecule has 2 aromatic rings. The summed E-state index contributed by atoms with van der Waals surface area (Å²) in [6.45, 7) is 8.18. The molecule has 0 fully saturated rings. The Morgan fingerprint density at radius 3 is 2.75 bits per heavy atom. The summed E-state index contributed by atoms with van der Waals surface area (Å²) in [5.74, 6) is 1.06. The predicted octanol–water partition coefficient (Wildman–Crippen LogP) is 3.31. The van der Waals surface area contributed by atoms with Crippen LogP contribution in [0, 0.1) is 6.92 Å². The van der Waals surface area contributed by atoms with Crippen LogP contribution in [0.4, 0.5) is 5.82 Å². The van der Waals surface area contributed by atoms with Gasteiger partial charge in [-0.3, -0.25) is 4.79 Å². The van der Waals surface area contributed by atoms with Crippen molar-refractivity contribution in [1.82, 2.24) is 10.1 Å². The zero-order chi connectivity index (χ0) is 14.8. The van der Waals surface area contributed by atoms with Gasteiger partial charge in [-0.25, -0.2) is 4.98 Å². The molecule has 0 spiro atoms. The van der Waals surface area contributed by atoms with Gasteiger partial charge < -0.3 is 9.84 Å². The van der Waals surface area contributed by atoms with E-state index in [1.165, 1.54) is 0 Å². The van der Waals surface area contributed by atoms with Crippen molar-refractivity contribution < 1.29 is 9.32 Å². The summed E-state index contributed by atoms with van der Waals surface area (Å²) in [5.41, 5.74) is 1.12. The maximum Gasteiger partial charge on any atom is 0.226 e. The number of nitrogens with one attached hydrogen (secondary N) is 1. The molecule has 0 atom stereocenters. The van der Waals surface area contributed by atoms with Gasteiger partial charge in [0, 0.05) is 29.7 Å². The van der Waals surface area contributed by atoms with E-state index in [0.717, 1.165) is 10.7 Å². The molecule has 5 nitrogen and oxygen atoms in total. The first-order valence-corrected chi connectivity index (χ1v) is 7.40. The van der Waals surface area contributed by atoms with Crippen molar-refractivity contribution in [2.45, 2.75) is 46.0 Å². The Morgan fingerprint density at radius 1 is 1.45 bits per heavy atom. The molecule has 0 saturated carbocycles. The number of carbonyl (C=O) groups is 1. The largest absolute Gasteiger partial charge is 0.360 e. The molecule has 0 saturated heterocycles. The lowest BCUT2D eigenvalue weighted by molar-refractivity contribution is -0.116. The molecular weight excluding hydrogens is 274 g/mol. The molecule has 0 aliphatic carbocycles. The Kier molecular flexibility index (Phi) is 4.23. The van der Waals surface area contributed by atoms with Gasteiger partial charge in [0.25, 0.3) is 0 Å². The molecule has 0 bridgehead atoms. The van der Waals surface area contributed by atoms with Crippen LogP contribution in [0.2, 0.25) is 0 Å². The minimum atomic E-state index is -0.0780. The molecule has 2 heterocycles. The quantitative estimate of drug-likeness (QED) is 0.939. The Labute approximate surface area is 122 Å². The second kappa shape index (κ2) is 5.75. The highest BCUT2D eigenvalue weighted by Crippen LogP contribution is 2.24. The number of aryl methyl sites for hydroxylation is 2. The van der Waals surface area contributed by atoms with E-state index in [1.54, 1.807) is 24.3 Å². The van der Waals surface area contributed by atoms with Crippen LogP contribution in [0.15, 0.2) is 16.0 Å². The summed E-state index contributed by atoms with van der Waals surface area (Å²) in [5, 5.41) is 9.48. The highest BCUT2D eigenvalue weighted by Gasteiger charge is 2.17. The first-order chi connectivity index (χ1) is 9.34. The summed E-state index contributed by atoms with van der Waals surface area (Å²) in [6, 6.07) is 1.69. The summed E-state index contributed by atoms with van der Waals surface area (Å²) >= 11 is 1.60. The fourth-order valence-corrected chi connectivity index (χ4v) is 2.65. The first kappa shape index (κ1) is 14.7. The first-order valence-electron chi connectivity index (χ1n) is 6.52. The number of aromatic nitrogens is 2. The van der Waals surface area contributed by atoms with Crippen molar-refractivity contribution in [1.29, 1.82) is 0 Å². The van der Waals surface area contributed by atoms with Crippen molar-refractivity contribution in [3.63, 3.8) is 0 Å². The minimum absolute atomic E-state index is 0.0508. The molecule has 0 unspecified atom stereocenters. The lowest BCUT2D eigenvalue weighted by Crippen LogP contribution is -2.13. The van der Waals surface area contributed by atoms with Gasteiger partial charge in [-0.1, -0.05) is 25.9 Å². The van der Waals surface area contributed by atoms with Crippen LogP contribution in [0.1, 0.15) is 43.7 Å². The second-order valence-electron chi connectivity index (χ2n) is 5.75. The van der Waals surface area contributed by atoms with Crippen LogP contribution >= 0.6 is 11.3 Å². The van der Waals surface area contributed by atoms with Gasteiger partial charge in [-0.2, -0.15) is 0 Å². The molecule has 0 aliphatic heterocycles. The highest BCUT2D eigenvalue weighted by molar-refractivity contribution is 7.09.